The summed E-state index contributed by atoms with van der Waals surface area (Å²) in [5, 5.41) is 4.06. The lowest BCUT2D eigenvalue weighted by Gasteiger charge is -2.06. The molecule has 110 valence electrons. The Hall–Kier alpha value is -2.33. The normalized spacial score (nSPS) is 11.0. The summed E-state index contributed by atoms with van der Waals surface area (Å²) in [6.07, 6.45) is 3.73. The molecule has 0 bridgehead atoms. The highest BCUT2D eigenvalue weighted by Gasteiger charge is 2.01. The zero-order chi connectivity index (χ0) is 15.2. The van der Waals surface area contributed by atoms with Gasteiger partial charge in [0.25, 0.3) is 0 Å². The second-order valence-corrected chi connectivity index (χ2v) is 5.69. The average molecular weight is 355 g/mol. The fourth-order valence-electron chi connectivity index (χ4n) is 2.11. The smallest absolute Gasteiger partial charge is 0.142 e. The van der Waals surface area contributed by atoms with E-state index in [1.807, 2.05) is 72.9 Å². The maximum Gasteiger partial charge on any atom is 0.142 e. The molecule has 0 saturated heterocycles. The van der Waals surface area contributed by atoms with Crippen molar-refractivity contribution < 1.29 is 4.84 Å². The third-order valence-corrected chi connectivity index (χ3v) is 3.75. The van der Waals surface area contributed by atoms with Gasteiger partial charge in [-0.05, 0) is 42.0 Å². The quantitative estimate of drug-likeness (QED) is 0.477. The van der Waals surface area contributed by atoms with E-state index in [1.165, 1.54) is 0 Å². The fourth-order valence-corrected chi connectivity index (χ4v) is 2.38. The van der Waals surface area contributed by atoms with Crippen LogP contribution in [-0.4, -0.2) is 10.8 Å². The molecule has 0 amide bonds. The number of benzene rings is 2. The summed E-state index contributed by atoms with van der Waals surface area (Å²) in [4.78, 5) is 5.35. The molecule has 3 nitrogen and oxygen atoms in total. The molecule has 0 fully saturated rings. The molecule has 1 heterocycles. The summed E-state index contributed by atoms with van der Waals surface area (Å²) in [5.41, 5.74) is 3.15. The molecule has 0 aliphatic carbocycles. The molecule has 4 heteroatoms. The van der Waals surface area contributed by atoms with Crippen LogP contribution in [0, 0.1) is 0 Å². The topological polar surface area (TPSA) is 26.5 Å². The first-order valence-electron chi connectivity index (χ1n) is 6.95. The minimum absolute atomic E-state index is 0.469. The van der Waals surface area contributed by atoms with Gasteiger partial charge in [-0.1, -0.05) is 51.4 Å². The summed E-state index contributed by atoms with van der Waals surface area (Å²) >= 11 is 3.45. The number of aromatic nitrogens is 1. The van der Waals surface area contributed by atoms with E-state index >= 15 is 0 Å². The number of oxime groups is 1. The first kappa shape index (κ1) is 14.6. The van der Waals surface area contributed by atoms with Crippen molar-refractivity contribution in [3.8, 4) is 5.69 Å². The van der Waals surface area contributed by atoms with Crippen LogP contribution in [0.25, 0.3) is 5.69 Å². The van der Waals surface area contributed by atoms with Crippen LogP contribution in [0.5, 0.6) is 0 Å². The monoisotopic (exact) mass is 354 g/mol. The number of hydrogen-bond acceptors (Lipinski definition) is 2. The molecule has 0 unspecified atom stereocenters. The third-order valence-electron chi connectivity index (χ3n) is 3.22. The standard InChI is InChI=1S/C18H15BrN2O/c19-16-8-10-17(11-9-16)21-12-4-7-18(21)13-20-22-14-15-5-2-1-3-6-15/h1-13H,14H2/b20-13+. The molecule has 1 aromatic heterocycles. The molecule has 0 atom stereocenters. The van der Waals surface area contributed by atoms with Crippen molar-refractivity contribution in [3.63, 3.8) is 0 Å². The Morgan fingerprint density at radius 2 is 1.73 bits per heavy atom. The zero-order valence-corrected chi connectivity index (χ0v) is 13.5. The maximum absolute atomic E-state index is 5.35. The molecule has 0 N–H and O–H groups in total. The summed E-state index contributed by atoms with van der Waals surface area (Å²) < 4.78 is 3.12. The molecular formula is C18H15BrN2O. The van der Waals surface area contributed by atoms with Crippen LogP contribution in [0.3, 0.4) is 0 Å². The third kappa shape index (κ3) is 3.65. The van der Waals surface area contributed by atoms with E-state index in [0.717, 1.165) is 21.4 Å². The Labute approximate surface area is 138 Å². The largest absolute Gasteiger partial charge is 0.391 e. The molecular weight excluding hydrogens is 340 g/mol. The van der Waals surface area contributed by atoms with Gasteiger partial charge < -0.3 is 9.40 Å². The second-order valence-electron chi connectivity index (χ2n) is 4.77. The second kappa shape index (κ2) is 7.09. The first-order valence-corrected chi connectivity index (χ1v) is 7.75. The molecule has 0 radical (unpaired) electrons. The van der Waals surface area contributed by atoms with E-state index in [4.69, 9.17) is 4.84 Å². The van der Waals surface area contributed by atoms with Crippen LogP contribution in [0.1, 0.15) is 11.3 Å². The van der Waals surface area contributed by atoms with Gasteiger partial charge in [0.05, 0.1) is 11.9 Å². The van der Waals surface area contributed by atoms with Crippen molar-refractivity contribution in [2.24, 2.45) is 5.16 Å². The predicted octanol–water partition coefficient (Wildman–Crippen LogP) is 4.79. The van der Waals surface area contributed by atoms with Gasteiger partial charge in [0, 0.05) is 16.4 Å². The highest BCUT2D eigenvalue weighted by Crippen LogP contribution is 2.16. The molecule has 3 aromatic rings. The first-order chi connectivity index (χ1) is 10.8. The summed E-state index contributed by atoms with van der Waals surface area (Å²) in [7, 11) is 0. The Kier molecular flexibility index (Phi) is 4.71. The van der Waals surface area contributed by atoms with Crippen LogP contribution >= 0.6 is 15.9 Å². The maximum atomic E-state index is 5.35. The van der Waals surface area contributed by atoms with E-state index in [9.17, 15) is 0 Å². The summed E-state index contributed by atoms with van der Waals surface area (Å²) in [5.74, 6) is 0. The SMILES string of the molecule is Brc1ccc(-n2cccc2/C=N/OCc2ccccc2)cc1. The van der Waals surface area contributed by atoms with E-state index in [0.29, 0.717) is 6.61 Å². The minimum atomic E-state index is 0.469. The van der Waals surface area contributed by atoms with Crippen LogP contribution in [0.2, 0.25) is 0 Å². The molecule has 3 rings (SSSR count). The molecule has 22 heavy (non-hydrogen) atoms. The zero-order valence-electron chi connectivity index (χ0n) is 11.9. The van der Waals surface area contributed by atoms with Crippen LogP contribution in [0.15, 0.2) is 82.6 Å². The number of rotatable bonds is 5. The highest BCUT2D eigenvalue weighted by molar-refractivity contribution is 9.10. The van der Waals surface area contributed by atoms with Gasteiger partial charge in [-0.3, -0.25) is 0 Å². The molecule has 0 saturated carbocycles. The Balaban J connectivity index is 1.67. The predicted molar refractivity (Wildman–Crippen MR) is 92.3 cm³/mol. The van der Waals surface area contributed by atoms with Gasteiger partial charge in [-0.15, -0.1) is 0 Å². The summed E-state index contributed by atoms with van der Waals surface area (Å²) in [6.45, 7) is 0.469. The van der Waals surface area contributed by atoms with Crippen LogP contribution in [0.4, 0.5) is 0 Å². The van der Waals surface area contributed by atoms with Gasteiger partial charge in [0.2, 0.25) is 0 Å². The van der Waals surface area contributed by atoms with Gasteiger partial charge in [0.1, 0.15) is 6.61 Å². The van der Waals surface area contributed by atoms with Gasteiger partial charge in [0.15, 0.2) is 0 Å². The Morgan fingerprint density at radius 3 is 2.50 bits per heavy atom. The van der Waals surface area contributed by atoms with E-state index < -0.39 is 0 Å². The van der Waals surface area contributed by atoms with Crippen LogP contribution < -0.4 is 0 Å². The van der Waals surface area contributed by atoms with Crippen molar-refractivity contribution in [1.82, 2.24) is 4.57 Å². The van der Waals surface area contributed by atoms with Gasteiger partial charge >= 0.3 is 0 Å². The Bertz CT molecular complexity index is 748. The molecule has 0 aliphatic heterocycles. The van der Waals surface area contributed by atoms with Crippen LogP contribution in [-0.2, 0) is 11.4 Å². The lowest BCUT2D eigenvalue weighted by Crippen LogP contribution is -1.98. The number of halogens is 1. The molecule has 2 aromatic carbocycles. The van der Waals surface area contributed by atoms with Crippen molar-refractivity contribution >= 4 is 22.1 Å². The fraction of sp³-hybridized carbons (Fsp3) is 0.0556. The Morgan fingerprint density at radius 1 is 0.955 bits per heavy atom. The minimum Gasteiger partial charge on any atom is -0.391 e. The molecule has 0 spiro atoms. The highest BCUT2D eigenvalue weighted by atomic mass is 79.9. The number of nitrogens with zero attached hydrogens (tertiary/aromatic N) is 2. The number of hydrogen-bond donors (Lipinski definition) is 0. The van der Waals surface area contributed by atoms with Crippen molar-refractivity contribution in [3.05, 3.63) is 88.7 Å². The van der Waals surface area contributed by atoms with Gasteiger partial charge in [-0.2, -0.15) is 0 Å². The summed E-state index contributed by atoms with van der Waals surface area (Å²) in [6, 6.07) is 22.1. The van der Waals surface area contributed by atoms with E-state index in [1.54, 1.807) is 6.21 Å². The van der Waals surface area contributed by atoms with Crippen molar-refractivity contribution in [2.45, 2.75) is 6.61 Å². The van der Waals surface area contributed by atoms with Crippen molar-refractivity contribution in [1.29, 1.82) is 0 Å². The molecule has 0 aliphatic rings. The average Bonchev–Trinajstić information content (AvgIpc) is 3.02. The van der Waals surface area contributed by atoms with Crippen molar-refractivity contribution in [2.75, 3.05) is 0 Å². The van der Waals surface area contributed by atoms with E-state index in [2.05, 4.69) is 25.7 Å². The van der Waals surface area contributed by atoms with Gasteiger partial charge in [-0.25, -0.2) is 0 Å². The lowest BCUT2D eigenvalue weighted by molar-refractivity contribution is 0.132. The lowest BCUT2D eigenvalue weighted by atomic mass is 10.2. The van der Waals surface area contributed by atoms with E-state index in [-0.39, 0.29) is 0 Å².